The minimum atomic E-state index is -1.40. The molecule has 2 aromatic carbocycles. The molecule has 0 bridgehead atoms. The maximum Gasteiger partial charge on any atom is 0.407 e. The molecule has 3 aromatic rings. The summed E-state index contributed by atoms with van der Waals surface area (Å²) in [5.41, 5.74) is 4.69. The van der Waals surface area contributed by atoms with Gasteiger partial charge in [-0.05, 0) is 29.2 Å². The van der Waals surface area contributed by atoms with Gasteiger partial charge in [0.15, 0.2) is 6.04 Å². The van der Waals surface area contributed by atoms with E-state index >= 15 is 0 Å². The van der Waals surface area contributed by atoms with Gasteiger partial charge in [0.2, 0.25) is 0 Å². The van der Waals surface area contributed by atoms with Gasteiger partial charge in [0.1, 0.15) is 12.3 Å². The normalized spacial score (nSPS) is 13.0. The molecule has 9 nitrogen and oxygen atoms in total. The number of amides is 2. The Morgan fingerprint density at radius 3 is 2.31 bits per heavy atom. The molecule has 1 aromatic heterocycles. The monoisotopic (exact) mass is 495 g/mol. The quantitative estimate of drug-likeness (QED) is 0.358. The van der Waals surface area contributed by atoms with Crippen molar-refractivity contribution in [1.82, 2.24) is 15.6 Å². The average Bonchev–Trinajstić information content (AvgIpc) is 3.38. The van der Waals surface area contributed by atoms with Gasteiger partial charge in [-0.25, -0.2) is 14.6 Å². The Bertz CT molecular complexity index is 1210. The first kappa shape index (κ1) is 24.4. The molecule has 1 heterocycles. The van der Waals surface area contributed by atoms with Gasteiger partial charge in [-0.1, -0.05) is 48.5 Å². The molecule has 0 saturated carbocycles. The van der Waals surface area contributed by atoms with Crippen LogP contribution < -0.4 is 10.6 Å². The largest absolute Gasteiger partial charge is 0.480 e. The number of nitrogens with one attached hydrogen (secondary N) is 2. The number of aromatic nitrogens is 1. The number of rotatable bonds is 9. The molecule has 0 fully saturated rings. The molecular formula is C25H25N3O6S. The van der Waals surface area contributed by atoms with Crippen molar-refractivity contribution in [2.45, 2.75) is 25.3 Å². The van der Waals surface area contributed by atoms with Gasteiger partial charge < -0.3 is 25.6 Å². The van der Waals surface area contributed by atoms with Crippen LogP contribution in [0.3, 0.4) is 0 Å². The molecule has 182 valence electrons. The summed E-state index contributed by atoms with van der Waals surface area (Å²) in [6.07, 6.45) is -0.156. The molecule has 0 aliphatic heterocycles. The molecule has 35 heavy (non-hydrogen) atoms. The lowest BCUT2D eigenvalue weighted by Gasteiger charge is -2.14. The highest BCUT2D eigenvalue weighted by Crippen LogP contribution is 2.44. The number of carboxylic acid groups (broad SMARTS) is 1. The van der Waals surface area contributed by atoms with Crippen molar-refractivity contribution in [3.63, 3.8) is 0 Å². The smallest absolute Gasteiger partial charge is 0.407 e. The SMILES string of the molecule is Cc1sc(CCNC(=O)OCC2c3ccccc3-c3ccccc32)nc1C(=O)N[C@@H](CO)C(=O)O. The van der Waals surface area contributed by atoms with Crippen LogP contribution in [0.5, 0.6) is 0 Å². The number of aliphatic hydroxyl groups excluding tert-OH is 1. The Kier molecular flexibility index (Phi) is 7.42. The number of carbonyl (C=O) groups excluding carboxylic acids is 2. The van der Waals surface area contributed by atoms with Gasteiger partial charge in [0.05, 0.1) is 11.6 Å². The van der Waals surface area contributed by atoms with E-state index in [2.05, 4.69) is 39.9 Å². The van der Waals surface area contributed by atoms with Crippen LogP contribution in [0, 0.1) is 6.92 Å². The Morgan fingerprint density at radius 2 is 1.71 bits per heavy atom. The van der Waals surface area contributed by atoms with E-state index in [0.717, 1.165) is 22.3 Å². The van der Waals surface area contributed by atoms with Crippen LogP contribution >= 0.6 is 11.3 Å². The van der Waals surface area contributed by atoms with Crippen molar-refractivity contribution in [2.24, 2.45) is 0 Å². The Morgan fingerprint density at radius 1 is 1.09 bits per heavy atom. The number of carbonyl (C=O) groups is 3. The van der Waals surface area contributed by atoms with E-state index in [1.165, 1.54) is 11.3 Å². The molecular weight excluding hydrogens is 470 g/mol. The highest BCUT2D eigenvalue weighted by Gasteiger charge is 2.29. The second-order valence-electron chi connectivity index (χ2n) is 8.06. The number of ether oxygens (including phenoxy) is 1. The molecule has 0 spiro atoms. The number of carboxylic acids is 1. The number of benzene rings is 2. The first-order valence-electron chi connectivity index (χ1n) is 11.1. The zero-order chi connectivity index (χ0) is 24.9. The number of fused-ring (bicyclic) bond motifs is 3. The van der Waals surface area contributed by atoms with E-state index in [1.807, 2.05) is 24.3 Å². The van der Waals surface area contributed by atoms with Crippen LogP contribution in [0.25, 0.3) is 11.1 Å². The molecule has 4 N–H and O–H groups in total. The lowest BCUT2D eigenvalue weighted by molar-refractivity contribution is -0.140. The van der Waals surface area contributed by atoms with E-state index in [-0.39, 0.29) is 24.8 Å². The number of aryl methyl sites for hydroxylation is 1. The fraction of sp³-hybridized carbons (Fsp3) is 0.280. The van der Waals surface area contributed by atoms with Gasteiger partial charge in [0, 0.05) is 23.8 Å². The molecule has 1 aliphatic carbocycles. The molecule has 0 unspecified atom stereocenters. The predicted molar refractivity (Wildman–Crippen MR) is 130 cm³/mol. The van der Waals surface area contributed by atoms with E-state index < -0.39 is 30.6 Å². The second-order valence-corrected chi connectivity index (χ2v) is 9.35. The third kappa shape index (κ3) is 5.33. The third-order valence-corrected chi connectivity index (χ3v) is 6.82. The number of nitrogens with zero attached hydrogens (tertiary/aromatic N) is 1. The van der Waals surface area contributed by atoms with Crippen LogP contribution in [0.15, 0.2) is 48.5 Å². The summed E-state index contributed by atoms with van der Waals surface area (Å²) in [7, 11) is 0. The summed E-state index contributed by atoms with van der Waals surface area (Å²) in [6.45, 7) is 1.46. The minimum absolute atomic E-state index is 0.0237. The second kappa shape index (κ2) is 10.7. The van der Waals surface area contributed by atoms with Crippen molar-refractivity contribution >= 4 is 29.3 Å². The average molecular weight is 496 g/mol. The van der Waals surface area contributed by atoms with Gasteiger partial charge in [0.25, 0.3) is 5.91 Å². The maximum absolute atomic E-state index is 12.3. The molecule has 0 saturated heterocycles. The summed E-state index contributed by atoms with van der Waals surface area (Å²) in [5.74, 6) is -2.03. The van der Waals surface area contributed by atoms with E-state index in [0.29, 0.717) is 16.3 Å². The highest BCUT2D eigenvalue weighted by molar-refractivity contribution is 7.11. The van der Waals surface area contributed by atoms with Crippen LogP contribution in [-0.2, 0) is 16.0 Å². The number of thiazole rings is 1. The van der Waals surface area contributed by atoms with E-state index in [1.54, 1.807) is 6.92 Å². The maximum atomic E-state index is 12.3. The van der Waals surface area contributed by atoms with E-state index in [9.17, 15) is 14.4 Å². The summed E-state index contributed by atoms with van der Waals surface area (Å²) in [6, 6.07) is 14.8. The Labute approximate surface area is 205 Å². The van der Waals surface area contributed by atoms with Crippen LogP contribution in [0.2, 0.25) is 0 Å². The number of hydrogen-bond donors (Lipinski definition) is 4. The van der Waals surface area contributed by atoms with Crippen molar-refractivity contribution < 1.29 is 29.3 Å². The lowest BCUT2D eigenvalue weighted by Crippen LogP contribution is -2.43. The van der Waals surface area contributed by atoms with Gasteiger partial charge in [-0.3, -0.25) is 4.79 Å². The predicted octanol–water partition coefficient (Wildman–Crippen LogP) is 2.71. The van der Waals surface area contributed by atoms with Gasteiger partial charge >= 0.3 is 12.1 Å². The number of alkyl carbamates (subject to hydrolysis) is 1. The Hall–Kier alpha value is -3.76. The standard InChI is InChI=1S/C25H25N3O6S/c1-14-22(23(30)27-20(12-29)24(31)32)28-21(35-14)10-11-26-25(33)34-13-19-17-8-4-2-6-15(17)16-7-3-5-9-18(16)19/h2-9,19-20,29H,10-13H2,1H3,(H,26,33)(H,27,30)(H,31,32)/t20-/m0/s1. The summed E-state index contributed by atoms with van der Waals surface area (Å²) in [5, 5.41) is 23.6. The van der Waals surface area contributed by atoms with Crippen LogP contribution in [-0.4, -0.2) is 59.0 Å². The first-order chi connectivity index (χ1) is 16.9. The third-order valence-electron chi connectivity index (χ3n) is 5.79. The van der Waals surface area contributed by atoms with Crippen molar-refractivity contribution in [1.29, 1.82) is 0 Å². The fourth-order valence-electron chi connectivity index (χ4n) is 4.10. The zero-order valence-electron chi connectivity index (χ0n) is 19.0. The summed E-state index contributed by atoms with van der Waals surface area (Å²) in [4.78, 5) is 40.5. The highest BCUT2D eigenvalue weighted by atomic mass is 32.1. The van der Waals surface area contributed by atoms with Gasteiger partial charge in [-0.15, -0.1) is 11.3 Å². The van der Waals surface area contributed by atoms with Crippen LogP contribution in [0.1, 0.15) is 37.4 Å². The van der Waals surface area contributed by atoms with Crippen molar-refractivity contribution in [3.8, 4) is 11.1 Å². The topological polar surface area (TPSA) is 138 Å². The molecule has 2 amide bonds. The fourth-order valence-corrected chi connectivity index (χ4v) is 5.03. The summed E-state index contributed by atoms with van der Waals surface area (Å²) < 4.78 is 5.51. The minimum Gasteiger partial charge on any atom is -0.480 e. The van der Waals surface area contributed by atoms with Gasteiger partial charge in [-0.2, -0.15) is 0 Å². The van der Waals surface area contributed by atoms with E-state index in [4.69, 9.17) is 14.9 Å². The Balaban J connectivity index is 1.29. The van der Waals surface area contributed by atoms with Crippen LogP contribution in [0.4, 0.5) is 4.79 Å². The lowest BCUT2D eigenvalue weighted by atomic mass is 9.98. The molecule has 10 heteroatoms. The summed E-state index contributed by atoms with van der Waals surface area (Å²) >= 11 is 1.28. The first-order valence-corrected chi connectivity index (χ1v) is 11.9. The zero-order valence-corrected chi connectivity index (χ0v) is 19.8. The number of hydrogen-bond acceptors (Lipinski definition) is 7. The molecule has 1 aliphatic rings. The molecule has 4 rings (SSSR count). The molecule has 0 radical (unpaired) electrons. The van der Waals surface area contributed by atoms with Crippen molar-refractivity contribution in [2.75, 3.05) is 19.8 Å². The van der Waals surface area contributed by atoms with Crippen molar-refractivity contribution in [3.05, 3.63) is 75.2 Å². The molecule has 1 atom stereocenters. The number of aliphatic hydroxyl groups is 1. The number of aliphatic carboxylic acids is 1.